The van der Waals surface area contributed by atoms with E-state index in [-0.39, 0.29) is 10.7 Å². The Hall–Kier alpha value is -4.30. The van der Waals surface area contributed by atoms with Gasteiger partial charge in [-0.25, -0.2) is 14.7 Å². The van der Waals surface area contributed by atoms with Crippen molar-refractivity contribution in [3.05, 3.63) is 87.6 Å². The number of para-hydroxylation sites is 1. The van der Waals surface area contributed by atoms with Gasteiger partial charge in [-0.1, -0.05) is 36.4 Å². The van der Waals surface area contributed by atoms with Crippen LogP contribution in [-0.4, -0.2) is 23.9 Å². The van der Waals surface area contributed by atoms with Gasteiger partial charge in [0.15, 0.2) is 16.5 Å². The highest BCUT2D eigenvalue weighted by Crippen LogP contribution is 2.35. The SMILES string of the molecule is COc1cccc2cc(-c3csc(N4C(=O)c5cccc6cccc(c56)C4=O)n3)c(=O)oc12. The monoisotopic (exact) mass is 454 g/mol. The zero-order valence-corrected chi connectivity index (χ0v) is 18.0. The molecule has 5 aromatic rings. The van der Waals surface area contributed by atoms with Crippen LogP contribution in [0.25, 0.3) is 33.0 Å². The Balaban J connectivity index is 1.46. The Morgan fingerprint density at radius 3 is 2.24 bits per heavy atom. The van der Waals surface area contributed by atoms with Crippen LogP contribution in [0.5, 0.6) is 5.75 Å². The minimum atomic E-state index is -0.588. The first-order chi connectivity index (χ1) is 16.1. The summed E-state index contributed by atoms with van der Waals surface area (Å²) in [6.45, 7) is 0. The van der Waals surface area contributed by atoms with Crippen molar-refractivity contribution in [3.63, 3.8) is 0 Å². The third kappa shape index (κ3) is 2.81. The summed E-state index contributed by atoms with van der Waals surface area (Å²) in [5, 5.41) is 3.97. The Labute approximate surface area is 190 Å². The first-order valence-corrected chi connectivity index (χ1v) is 10.9. The molecule has 160 valence electrons. The summed E-state index contributed by atoms with van der Waals surface area (Å²) in [4.78, 5) is 44.7. The van der Waals surface area contributed by atoms with Crippen molar-refractivity contribution >= 4 is 50.0 Å². The van der Waals surface area contributed by atoms with Crippen LogP contribution in [0, 0.1) is 0 Å². The van der Waals surface area contributed by atoms with Crippen molar-refractivity contribution in [1.29, 1.82) is 0 Å². The van der Waals surface area contributed by atoms with E-state index in [1.807, 2.05) is 12.1 Å². The lowest BCUT2D eigenvalue weighted by atomic mass is 9.94. The van der Waals surface area contributed by atoms with Gasteiger partial charge in [-0.05, 0) is 29.7 Å². The normalized spacial score (nSPS) is 13.2. The lowest BCUT2D eigenvalue weighted by Crippen LogP contribution is -2.40. The standard InChI is InChI=1S/C25H14N2O5S/c1-31-19-10-4-7-14-11-17(24(30)32-21(14)19)18-12-33-25(26-18)27-22(28)15-8-2-5-13-6-3-9-16(20(13)15)23(27)29/h2-12H,1H3. The molecule has 0 spiro atoms. The highest BCUT2D eigenvalue weighted by atomic mass is 32.1. The molecule has 0 atom stereocenters. The van der Waals surface area contributed by atoms with Crippen LogP contribution in [0.2, 0.25) is 0 Å². The lowest BCUT2D eigenvalue weighted by Gasteiger charge is -2.25. The fourth-order valence-corrected chi connectivity index (χ4v) is 4.97. The third-order valence-electron chi connectivity index (χ3n) is 5.67. The molecule has 0 radical (unpaired) electrons. The fraction of sp³-hybridized carbons (Fsp3) is 0.0400. The average Bonchev–Trinajstić information content (AvgIpc) is 3.31. The molecule has 0 fully saturated rings. The van der Waals surface area contributed by atoms with Crippen molar-refractivity contribution in [3.8, 4) is 17.0 Å². The molecular formula is C25H14N2O5S. The molecule has 3 aromatic carbocycles. The molecule has 1 aliphatic heterocycles. The molecule has 7 nitrogen and oxygen atoms in total. The Morgan fingerprint density at radius 2 is 1.55 bits per heavy atom. The van der Waals surface area contributed by atoms with Gasteiger partial charge < -0.3 is 9.15 Å². The molecule has 2 aromatic heterocycles. The van der Waals surface area contributed by atoms with E-state index in [9.17, 15) is 14.4 Å². The molecule has 0 unspecified atom stereocenters. The molecule has 33 heavy (non-hydrogen) atoms. The number of amides is 2. The number of fused-ring (bicyclic) bond motifs is 1. The zero-order chi connectivity index (χ0) is 22.7. The van der Waals surface area contributed by atoms with Crippen LogP contribution in [0.1, 0.15) is 20.7 Å². The Kier molecular flexibility index (Phi) is 4.18. The quantitative estimate of drug-likeness (QED) is 0.285. The van der Waals surface area contributed by atoms with Gasteiger partial charge in [0.2, 0.25) is 0 Å². The number of imide groups is 1. The van der Waals surface area contributed by atoms with E-state index in [0.717, 1.165) is 21.6 Å². The second-order valence-corrected chi connectivity index (χ2v) is 8.33. The molecule has 0 bridgehead atoms. The maximum absolute atomic E-state index is 13.2. The van der Waals surface area contributed by atoms with Crippen molar-refractivity contribution in [2.45, 2.75) is 0 Å². The van der Waals surface area contributed by atoms with Crippen LogP contribution < -0.4 is 15.3 Å². The van der Waals surface area contributed by atoms with Crippen molar-refractivity contribution in [2.24, 2.45) is 0 Å². The number of hydrogen-bond acceptors (Lipinski definition) is 7. The molecule has 0 N–H and O–H groups in total. The Morgan fingerprint density at radius 1 is 0.879 bits per heavy atom. The summed E-state index contributed by atoms with van der Waals surface area (Å²) in [5.41, 5.74) is 1.20. The summed E-state index contributed by atoms with van der Waals surface area (Å²) < 4.78 is 10.7. The van der Waals surface area contributed by atoms with E-state index in [1.54, 1.807) is 53.9 Å². The molecule has 1 aliphatic rings. The van der Waals surface area contributed by atoms with Crippen LogP contribution in [0.15, 0.2) is 75.3 Å². The maximum atomic E-state index is 13.2. The molecule has 2 amide bonds. The van der Waals surface area contributed by atoms with Crippen LogP contribution >= 0.6 is 11.3 Å². The summed E-state index contributed by atoms with van der Waals surface area (Å²) in [7, 11) is 1.50. The predicted molar refractivity (Wildman–Crippen MR) is 125 cm³/mol. The van der Waals surface area contributed by atoms with Crippen molar-refractivity contribution < 1.29 is 18.7 Å². The molecule has 0 saturated heterocycles. The number of rotatable bonds is 3. The molecular weight excluding hydrogens is 440 g/mol. The van der Waals surface area contributed by atoms with E-state index >= 15 is 0 Å². The number of ether oxygens (including phenoxy) is 1. The molecule has 8 heteroatoms. The second-order valence-electron chi connectivity index (χ2n) is 7.50. The van der Waals surface area contributed by atoms with Gasteiger partial charge >= 0.3 is 5.63 Å². The highest BCUT2D eigenvalue weighted by molar-refractivity contribution is 7.14. The molecule has 0 saturated carbocycles. The Bertz CT molecular complexity index is 1630. The van der Waals surface area contributed by atoms with Crippen molar-refractivity contribution in [2.75, 3.05) is 12.0 Å². The molecule has 0 aliphatic carbocycles. The summed E-state index contributed by atoms with van der Waals surface area (Å²) in [6.07, 6.45) is 0. The summed E-state index contributed by atoms with van der Waals surface area (Å²) in [6, 6.07) is 17.7. The topological polar surface area (TPSA) is 89.7 Å². The van der Waals surface area contributed by atoms with Gasteiger partial charge in [-0.2, -0.15) is 0 Å². The number of anilines is 1. The van der Waals surface area contributed by atoms with Gasteiger partial charge in [0.1, 0.15) is 0 Å². The number of thiazole rings is 1. The number of carbonyl (C=O) groups is 2. The fourth-order valence-electron chi connectivity index (χ4n) is 4.15. The number of aromatic nitrogens is 1. The number of benzene rings is 3. The minimum Gasteiger partial charge on any atom is -0.493 e. The van der Waals surface area contributed by atoms with E-state index in [2.05, 4.69) is 4.98 Å². The van der Waals surface area contributed by atoms with Crippen LogP contribution in [0.3, 0.4) is 0 Å². The van der Waals surface area contributed by atoms with Gasteiger partial charge in [-0.15, -0.1) is 11.3 Å². The predicted octanol–water partition coefficient (Wildman–Crippen LogP) is 4.88. The first-order valence-electron chi connectivity index (χ1n) is 10.0. The van der Waals surface area contributed by atoms with Crippen LogP contribution in [0.4, 0.5) is 5.13 Å². The first kappa shape index (κ1) is 19.4. The van der Waals surface area contributed by atoms with Gasteiger partial charge in [0, 0.05) is 27.3 Å². The average molecular weight is 454 g/mol. The van der Waals surface area contributed by atoms with E-state index in [1.165, 1.54) is 7.11 Å². The number of methoxy groups -OCH3 is 1. The lowest BCUT2D eigenvalue weighted by molar-refractivity contribution is 0.0893. The third-order valence-corrected chi connectivity index (χ3v) is 6.50. The number of hydrogen-bond donors (Lipinski definition) is 0. The van der Waals surface area contributed by atoms with E-state index < -0.39 is 17.4 Å². The highest BCUT2D eigenvalue weighted by Gasteiger charge is 2.35. The number of carbonyl (C=O) groups excluding carboxylic acids is 2. The zero-order valence-electron chi connectivity index (χ0n) is 17.2. The van der Waals surface area contributed by atoms with Gasteiger partial charge in [0.05, 0.1) is 18.4 Å². The summed E-state index contributed by atoms with van der Waals surface area (Å²) >= 11 is 1.11. The minimum absolute atomic E-state index is 0.191. The molecule has 3 heterocycles. The van der Waals surface area contributed by atoms with Crippen molar-refractivity contribution in [1.82, 2.24) is 4.98 Å². The second kappa shape index (κ2) is 7.11. The largest absolute Gasteiger partial charge is 0.493 e. The van der Waals surface area contributed by atoms with Gasteiger partial charge in [0.25, 0.3) is 11.8 Å². The maximum Gasteiger partial charge on any atom is 0.345 e. The smallest absolute Gasteiger partial charge is 0.345 e. The van der Waals surface area contributed by atoms with E-state index in [4.69, 9.17) is 9.15 Å². The van der Waals surface area contributed by atoms with E-state index in [0.29, 0.717) is 38.9 Å². The van der Waals surface area contributed by atoms with Gasteiger partial charge in [-0.3, -0.25) is 9.59 Å². The number of nitrogens with zero attached hydrogens (tertiary/aromatic N) is 2. The molecule has 6 rings (SSSR count). The van der Waals surface area contributed by atoms with Crippen LogP contribution in [-0.2, 0) is 0 Å². The summed E-state index contributed by atoms with van der Waals surface area (Å²) in [5.74, 6) is -0.437.